The molecule has 7 nitrogen and oxygen atoms in total. The number of nitrogen functional groups attached to an aromatic ring is 1. The fourth-order valence-electron chi connectivity index (χ4n) is 2.40. The van der Waals surface area contributed by atoms with E-state index in [1.807, 2.05) is 12.1 Å². The van der Waals surface area contributed by atoms with Crippen molar-refractivity contribution < 1.29 is 4.79 Å². The highest BCUT2D eigenvalue weighted by Crippen LogP contribution is 2.26. The van der Waals surface area contributed by atoms with Crippen LogP contribution in [0, 0.1) is 0 Å². The van der Waals surface area contributed by atoms with Crippen LogP contribution in [0.5, 0.6) is 0 Å². The van der Waals surface area contributed by atoms with Crippen molar-refractivity contribution in [3.8, 4) is 10.6 Å². The molecule has 128 valence electrons. The van der Waals surface area contributed by atoms with Crippen molar-refractivity contribution in [3.63, 3.8) is 0 Å². The lowest BCUT2D eigenvalue weighted by Crippen LogP contribution is -2.16. The van der Waals surface area contributed by atoms with Gasteiger partial charge in [-0.25, -0.2) is 0 Å². The van der Waals surface area contributed by atoms with Gasteiger partial charge in [0.05, 0.1) is 10.0 Å². The molecule has 4 rings (SSSR count). The SMILES string of the molecule is Nc1c(C=C2C=CC(=O)C(Br)=C2)c(=O)nc2sc(-c3ccncc3)nn12. The number of aromatic nitrogens is 4. The number of nitrogens with zero attached hydrogens (tertiary/aromatic N) is 4. The predicted octanol–water partition coefficient (Wildman–Crippen LogP) is 2.60. The van der Waals surface area contributed by atoms with Gasteiger partial charge < -0.3 is 5.73 Å². The zero-order valence-corrected chi connectivity index (χ0v) is 15.5. The number of fused-ring (bicyclic) bond motifs is 1. The van der Waals surface area contributed by atoms with Crippen molar-refractivity contribution in [1.82, 2.24) is 19.6 Å². The van der Waals surface area contributed by atoms with Gasteiger partial charge in [0.1, 0.15) is 10.8 Å². The topological polar surface area (TPSA) is 103 Å². The molecule has 0 fully saturated rings. The molecular weight excluding hydrogens is 418 g/mol. The number of hydrogen-bond donors (Lipinski definition) is 1. The lowest BCUT2D eigenvalue weighted by molar-refractivity contribution is -0.110. The number of hydrogen-bond acceptors (Lipinski definition) is 7. The van der Waals surface area contributed by atoms with Gasteiger partial charge in [0.2, 0.25) is 4.96 Å². The lowest BCUT2D eigenvalue weighted by atomic mass is 10.1. The van der Waals surface area contributed by atoms with Crippen LogP contribution in [0.15, 0.2) is 57.6 Å². The Kier molecular flexibility index (Phi) is 4.09. The van der Waals surface area contributed by atoms with E-state index in [0.717, 1.165) is 5.56 Å². The zero-order valence-electron chi connectivity index (χ0n) is 13.1. The van der Waals surface area contributed by atoms with E-state index < -0.39 is 5.56 Å². The molecule has 3 aromatic rings. The van der Waals surface area contributed by atoms with Gasteiger partial charge in [-0.3, -0.25) is 14.6 Å². The summed E-state index contributed by atoms with van der Waals surface area (Å²) < 4.78 is 1.86. The summed E-state index contributed by atoms with van der Waals surface area (Å²) in [5, 5.41) is 5.14. The van der Waals surface area contributed by atoms with E-state index in [-0.39, 0.29) is 17.2 Å². The summed E-state index contributed by atoms with van der Waals surface area (Å²) in [4.78, 5) is 32.4. The first kappa shape index (κ1) is 16.6. The number of ketones is 1. The van der Waals surface area contributed by atoms with E-state index in [1.54, 1.807) is 30.6 Å². The Hall–Kier alpha value is -2.91. The molecule has 2 N–H and O–H groups in total. The number of anilines is 1. The Bertz CT molecular complexity index is 1190. The molecule has 3 aromatic heterocycles. The van der Waals surface area contributed by atoms with Crippen LogP contribution < -0.4 is 11.3 Å². The van der Waals surface area contributed by atoms with Gasteiger partial charge >= 0.3 is 0 Å². The largest absolute Gasteiger partial charge is 0.383 e. The highest BCUT2D eigenvalue weighted by molar-refractivity contribution is 9.12. The van der Waals surface area contributed by atoms with E-state index in [1.165, 1.54) is 21.9 Å². The van der Waals surface area contributed by atoms with Gasteiger partial charge in [-0.05, 0) is 51.9 Å². The molecule has 26 heavy (non-hydrogen) atoms. The molecule has 1 aliphatic carbocycles. The lowest BCUT2D eigenvalue weighted by Gasteiger charge is -2.05. The maximum absolute atomic E-state index is 12.4. The molecule has 9 heteroatoms. The standard InChI is InChI=1S/C17H10BrN5O2S/c18-12-8-9(1-2-13(12)24)7-11-14(19)23-17(21-15(11)25)26-16(22-23)10-3-5-20-6-4-10/h1-8H,19H2. The summed E-state index contributed by atoms with van der Waals surface area (Å²) >= 11 is 4.46. The van der Waals surface area contributed by atoms with Gasteiger partial charge in [-0.15, -0.1) is 0 Å². The Balaban J connectivity index is 1.86. The minimum Gasteiger partial charge on any atom is -0.383 e. The number of pyridine rings is 1. The molecular formula is C17H10BrN5O2S. The van der Waals surface area contributed by atoms with Crippen LogP contribution >= 0.6 is 27.3 Å². The van der Waals surface area contributed by atoms with Gasteiger partial charge in [0.25, 0.3) is 5.56 Å². The molecule has 0 aromatic carbocycles. The quantitative estimate of drug-likeness (QED) is 0.673. The number of rotatable bonds is 2. The van der Waals surface area contributed by atoms with Crippen molar-refractivity contribution in [1.29, 1.82) is 0 Å². The number of allylic oxidation sites excluding steroid dienone is 5. The second-order valence-corrected chi connectivity index (χ2v) is 7.20. The Morgan fingerprint density at radius 1 is 1.19 bits per heavy atom. The predicted molar refractivity (Wildman–Crippen MR) is 104 cm³/mol. The van der Waals surface area contributed by atoms with Crippen LogP contribution in [0.4, 0.5) is 5.82 Å². The van der Waals surface area contributed by atoms with Crippen molar-refractivity contribution in [2.24, 2.45) is 0 Å². The Morgan fingerprint density at radius 2 is 1.96 bits per heavy atom. The monoisotopic (exact) mass is 427 g/mol. The summed E-state index contributed by atoms with van der Waals surface area (Å²) in [7, 11) is 0. The second-order valence-electron chi connectivity index (χ2n) is 5.39. The molecule has 0 aliphatic heterocycles. The first-order valence-corrected chi connectivity index (χ1v) is 9.05. The zero-order chi connectivity index (χ0) is 18.3. The highest BCUT2D eigenvalue weighted by Gasteiger charge is 2.15. The van der Waals surface area contributed by atoms with Crippen molar-refractivity contribution in [2.45, 2.75) is 0 Å². The third-order valence-electron chi connectivity index (χ3n) is 3.69. The third kappa shape index (κ3) is 2.91. The highest BCUT2D eigenvalue weighted by atomic mass is 79.9. The summed E-state index contributed by atoms with van der Waals surface area (Å²) in [6.45, 7) is 0. The first-order chi connectivity index (χ1) is 12.5. The molecule has 3 heterocycles. The van der Waals surface area contributed by atoms with Crippen LogP contribution in [-0.2, 0) is 4.79 Å². The van der Waals surface area contributed by atoms with Crippen LogP contribution in [0.25, 0.3) is 21.6 Å². The maximum Gasteiger partial charge on any atom is 0.283 e. The van der Waals surface area contributed by atoms with E-state index in [2.05, 4.69) is 31.0 Å². The number of carbonyl (C=O) groups excluding carboxylic acids is 1. The minimum absolute atomic E-state index is 0.137. The molecule has 0 saturated heterocycles. The Labute approximate surface area is 159 Å². The van der Waals surface area contributed by atoms with E-state index in [9.17, 15) is 9.59 Å². The Morgan fingerprint density at radius 3 is 2.69 bits per heavy atom. The van der Waals surface area contributed by atoms with Crippen LogP contribution in [0.3, 0.4) is 0 Å². The first-order valence-electron chi connectivity index (χ1n) is 7.44. The minimum atomic E-state index is -0.449. The fourth-order valence-corrected chi connectivity index (χ4v) is 3.70. The molecule has 1 aliphatic rings. The van der Waals surface area contributed by atoms with Gasteiger partial charge in [-0.1, -0.05) is 17.4 Å². The summed E-state index contributed by atoms with van der Waals surface area (Å²) in [6.07, 6.45) is 9.58. The van der Waals surface area contributed by atoms with Gasteiger partial charge in [-0.2, -0.15) is 14.6 Å². The molecule has 0 saturated carbocycles. The van der Waals surface area contributed by atoms with E-state index >= 15 is 0 Å². The van der Waals surface area contributed by atoms with Crippen LogP contribution in [-0.4, -0.2) is 25.4 Å². The van der Waals surface area contributed by atoms with Crippen molar-refractivity contribution in [2.75, 3.05) is 5.73 Å². The van der Waals surface area contributed by atoms with Crippen LogP contribution in [0.1, 0.15) is 5.56 Å². The summed E-state index contributed by atoms with van der Waals surface area (Å²) in [5.41, 5.74) is 7.47. The number of nitrogens with two attached hydrogens (primary N) is 1. The number of carbonyl (C=O) groups is 1. The van der Waals surface area contributed by atoms with Crippen molar-refractivity contribution in [3.05, 3.63) is 68.7 Å². The van der Waals surface area contributed by atoms with Gasteiger partial charge in [0, 0.05) is 18.0 Å². The molecule has 0 amide bonds. The van der Waals surface area contributed by atoms with Crippen LogP contribution in [0.2, 0.25) is 0 Å². The smallest absolute Gasteiger partial charge is 0.283 e. The van der Waals surface area contributed by atoms with Gasteiger partial charge in [0.15, 0.2) is 5.78 Å². The molecule has 0 bridgehead atoms. The van der Waals surface area contributed by atoms with E-state index in [0.29, 0.717) is 20.0 Å². The van der Waals surface area contributed by atoms with E-state index in [4.69, 9.17) is 5.73 Å². The molecule has 0 unspecified atom stereocenters. The second kappa shape index (κ2) is 6.43. The fraction of sp³-hybridized carbons (Fsp3) is 0. The summed E-state index contributed by atoms with van der Waals surface area (Å²) in [5.74, 6) is 0.0563. The third-order valence-corrected chi connectivity index (χ3v) is 5.26. The average molecular weight is 428 g/mol. The average Bonchev–Trinajstić information content (AvgIpc) is 3.06. The number of halogens is 1. The maximum atomic E-state index is 12.4. The summed E-state index contributed by atoms with van der Waals surface area (Å²) in [6, 6.07) is 3.64. The normalized spacial score (nSPS) is 15.7. The van der Waals surface area contributed by atoms with Crippen molar-refractivity contribution >= 4 is 49.9 Å². The molecule has 0 radical (unpaired) electrons. The molecule has 0 spiro atoms. The molecule has 0 atom stereocenters.